The molecule has 0 radical (unpaired) electrons. The summed E-state index contributed by atoms with van der Waals surface area (Å²) < 4.78 is 40.7. The van der Waals surface area contributed by atoms with Gasteiger partial charge in [0.2, 0.25) is 6.79 Å². The molecule has 9 heteroatoms. The van der Waals surface area contributed by atoms with Crippen LogP contribution in [0.3, 0.4) is 0 Å². The van der Waals surface area contributed by atoms with Gasteiger partial charge in [-0.05, 0) is 44.2 Å². The van der Waals surface area contributed by atoms with Crippen molar-refractivity contribution in [2.45, 2.75) is 24.8 Å². The molecule has 1 aromatic heterocycles. The Bertz CT molecular complexity index is 1160. The van der Waals surface area contributed by atoms with E-state index in [1.165, 1.54) is 12.1 Å². The van der Waals surface area contributed by atoms with E-state index >= 15 is 0 Å². The summed E-state index contributed by atoms with van der Waals surface area (Å²) in [5.74, 6) is 1.07. The van der Waals surface area contributed by atoms with Crippen molar-refractivity contribution in [1.82, 2.24) is 4.57 Å². The highest BCUT2D eigenvalue weighted by atomic mass is 32.2. The fraction of sp³-hybridized carbons (Fsp3) is 0.235. The van der Waals surface area contributed by atoms with E-state index in [2.05, 4.69) is 4.72 Å². The number of hydrogen-bond acceptors (Lipinski definition) is 6. The summed E-state index contributed by atoms with van der Waals surface area (Å²) >= 11 is 1.04. The predicted molar refractivity (Wildman–Crippen MR) is 99.8 cm³/mol. The fourth-order valence-electron chi connectivity index (χ4n) is 2.85. The summed E-state index contributed by atoms with van der Waals surface area (Å²) in [6, 6.07) is 9.53. The number of hydrogen-bond donors (Lipinski definition) is 1. The zero-order valence-corrected chi connectivity index (χ0v) is 15.7. The normalized spacial score (nSPS) is 13.5. The molecule has 0 atom stereocenters. The van der Waals surface area contributed by atoms with Gasteiger partial charge < -0.3 is 9.47 Å². The number of nitrogens with zero attached hydrogens (tertiary/aromatic N) is 1. The second-order valence-corrected chi connectivity index (χ2v) is 8.81. The summed E-state index contributed by atoms with van der Waals surface area (Å²) in [5.41, 5.74) is 1.11. The first-order valence-corrected chi connectivity index (χ1v) is 10.2. The Balaban J connectivity index is 1.70. The van der Waals surface area contributed by atoms with Gasteiger partial charge in [-0.15, -0.1) is 0 Å². The van der Waals surface area contributed by atoms with Crippen LogP contribution in [0, 0.1) is 0 Å². The molecular formula is C17H16N2O5S2. The van der Waals surface area contributed by atoms with Crippen molar-refractivity contribution in [3.05, 3.63) is 46.1 Å². The number of benzene rings is 2. The second-order valence-electron chi connectivity index (χ2n) is 6.13. The Labute approximate surface area is 153 Å². The lowest BCUT2D eigenvalue weighted by Gasteiger charge is -2.10. The average Bonchev–Trinajstić information content (AvgIpc) is 3.15. The van der Waals surface area contributed by atoms with Crippen molar-refractivity contribution < 1.29 is 17.9 Å². The summed E-state index contributed by atoms with van der Waals surface area (Å²) in [6.45, 7) is 3.95. The molecule has 0 amide bonds. The lowest BCUT2D eigenvalue weighted by Crippen LogP contribution is -2.15. The Morgan fingerprint density at radius 3 is 2.65 bits per heavy atom. The maximum atomic E-state index is 12.7. The molecule has 136 valence electrons. The minimum Gasteiger partial charge on any atom is -0.454 e. The second kappa shape index (κ2) is 6.03. The van der Waals surface area contributed by atoms with Crippen molar-refractivity contribution in [2.75, 3.05) is 11.5 Å². The molecule has 7 nitrogen and oxygen atoms in total. The van der Waals surface area contributed by atoms with Gasteiger partial charge in [0.25, 0.3) is 10.0 Å². The molecule has 0 bridgehead atoms. The molecule has 1 aliphatic heterocycles. The number of ether oxygens (including phenoxy) is 2. The van der Waals surface area contributed by atoms with Crippen molar-refractivity contribution in [1.29, 1.82) is 0 Å². The highest BCUT2D eigenvalue weighted by molar-refractivity contribution is 7.92. The SMILES string of the molecule is CC(C)n1c(=O)sc2cc(S(=O)(=O)Nc3ccc4c(c3)OCO4)ccc21. The Morgan fingerprint density at radius 2 is 1.88 bits per heavy atom. The molecule has 0 saturated carbocycles. The van der Waals surface area contributed by atoms with E-state index in [0.717, 1.165) is 16.9 Å². The fourth-order valence-corrected chi connectivity index (χ4v) is 5.05. The molecular weight excluding hydrogens is 376 g/mol. The average molecular weight is 392 g/mol. The van der Waals surface area contributed by atoms with Crippen molar-refractivity contribution in [3.8, 4) is 11.5 Å². The number of anilines is 1. The molecule has 4 rings (SSSR count). The van der Waals surface area contributed by atoms with Gasteiger partial charge in [0.1, 0.15) is 0 Å². The van der Waals surface area contributed by atoms with E-state index in [9.17, 15) is 13.2 Å². The third-order valence-electron chi connectivity index (χ3n) is 4.04. The van der Waals surface area contributed by atoms with E-state index in [-0.39, 0.29) is 22.6 Å². The number of sulfonamides is 1. The van der Waals surface area contributed by atoms with Crippen molar-refractivity contribution in [3.63, 3.8) is 0 Å². The van der Waals surface area contributed by atoms with E-state index in [1.807, 2.05) is 13.8 Å². The standard InChI is InChI=1S/C17H16N2O5S2/c1-10(2)19-13-5-4-12(8-16(13)25-17(19)20)26(21,22)18-11-3-6-14-15(7-11)24-9-23-14/h3-8,10,18H,9H2,1-2H3. The van der Waals surface area contributed by atoms with Crippen LogP contribution in [-0.4, -0.2) is 19.8 Å². The van der Waals surface area contributed by atoms with Gasteiger partial charge in [0.05, 0.1) is 20.8 Å². The molecule has 3 aromatic rings. The molecule has 2 aromatic carbocycles. The molecule has 0 fully saturated rings. The van der Waals surface area contributed by atoms with Gasteiger partial charge in [-0.1, -0.05) is 11.3 Å². The summed E-state index contributed by atoms with van der Waals surface area (Å²) in [7, 11) is -3.80. The predicted octanol–water partition coefficient (Wildman–Crippen LogP) is 3.17. The number of rotatable bonds is 4. The van der Waals surface area contributed by atoms with Gasteiger partial charge in [0.15, 0.2) is 11.5 Å². The number of nitrogens with one attached hydrogen (secondary N) is 1. The first kappa shape index (κ1) is 16.9. The van der Waals surface area contributed by atoms with Gasteiger partial charge >= 0.3 is 4.87 Å². The van der Waals surface area contributed by atoms with Crippen molar-refractivity contribution in [2.24, 2.45) is 0 Å². The zero-order valence-electron chi connectivity index (χ0n) is 14.1. The van der Waals surface area contributed by atoms with Gasteiger partial charge in [-0.25, -0.2) is 8.42 Å². The lowest BCUT2D eigenvalue weighted by atomic mass is 10.3. The van der Waals surface area contributed by atoms with Gasteiger partial charge in [0, 0.05) is 12.1 Å². The van der Waals surface area contributed by atoms with Crippen LogP contribution in [0.4, 0.5) is 5.69 Å². The van der Waals surface area contributed by atoms with E-state index in [4.69, 9.17) is 9.47 Å². The van der Waals surface area contributed by atoms with Crippen LogP contribution in [0.5, 0.6) is 11.5 Å². The highest BCUT2D eigenvalue weighted by Crippen LogP contribution is 2.35. The first-order valence-electron chi connectivity index (χ1n) is 7.93. The summed E-state index contributed by atoms with van der Waals surface area (Å²) in [5, 5.41) is 0. The summed E-state index contributed by atoms with van der Waals surface area (Å²) in [4.78, 5) is 12.1. The highest BCUT2D eigenvalue weighted by Gasteiger charge is 2.20. The monoisotopic (exact) mass is 392 g/mol. The van der Waals surface area contributed by atoms with Crippen LogP contribution in [0.2, 0.25) is 0 Å². The van der Waals surface area contributed by atoms with Gasteiger partial charge in [-0.3, -0.25) is 14.1 Å². The van der Waals surface area contributed by atoms with E-state index < -0.39 is 10.0 Å². The molecule has 0 unspecified atom stereocenters. The van der Waals surface area contributed by atoms with Crippen LogP contribution >= 0.6 is 11.3 Å². The minimum absolute atomic E-state index is 0.00506. The quantitative estimate of drug-likeness (QED) is 0.737. The topological polar surface area (TPSA) is 86.6 Å². The van der Waals surface area contributed by atoms with Crippen LogP contribution < -0.4 is 19.1 Å². The molecule has 2 heterocycles. The maximum absolute atomic E-state index is 12.7. The summed E-state index contributed by atoms with van der Waals surface area (Å²) in [6.07, 6.45) is 0. The Morgan fingerprint density at radius 1 is 1.12 bits per heavy atom. The number of aromatic nitrogens is 1. The molecule has 0 saturated heterocycles. The van der Waals surface area contributed by atoms with E-state index in [1.54, 1.807) is 28.8 Å². The van der Waals surface area contributed by atoms with Crippen LogP contribution in [0.25, 0.3) is 10.2 Å². The third-order valence-corrected chi connectivity index (χ3v) is 6.33. The lowest BCUT2D eigenvalue weighted by molar-refractivity contribution is 0.174. The Kier molecular flexibility index (Phi) is 3.92. The largest absolute Gasteiger partial charge is 0.454 e. The molecule has 0 spiro atoms. The van der Waals surface area contributed by atoms with Crippen LogP contribution in [-0.2, 0) is 10.0 Å². The third kappa shape index (κ3) is 2.82. The van der Waals surface area contributed by atoms with Crippen molar-refractivity contribution >= 4 is 37.3 Å². The zero-order chi connectivity index (χ0) is 18.5. The van der Waals surface area contributed by atoms with E-state index in [0.29, 0.717) is 21.9 Å². The molecule has 26 heavy (non-hydrogen) atoms. The molecule has 1 aliphatic rings. The first-order chi connectivity index (χ1) is 12.3. The molecule has 1 N–H and O–H groups in total. The number of fused-ring (bicyclic) bond motifs is 2. The maximum Gasteiger partial charge on any atom is 0.308 e. The smallest absolute Gasteiger partial charge is 0.308 e. The van der Waals surface area contributed by atoms with Gasteiger partial charge in [-0.2, -0.15) is 0 Å². The molecule has 0 aliphatic carbocycles. The Hall–Kier alpha value is -2.52. The minimum atomic E-state index is -3.80. The van der Waals surface area contributed by atoms with Crippen LogP contribution in [0.15, 0.2) is 46.1 Å². The van der Waals surface area contributed by atoms with Crippen LogP contribution in [0.1, 0.15) is 19.9 Å². The number of thiazole rings is 1.